The number of aromatic nitrogens is 4. The van der Waals surface area contributed by atoms with E-state index in [0.717, 1.165) is 33.3 Å². The van der Waals surface area contributed by atoms with Crippen molar-refractivity contribution in [3.8, 4) is 17.1 Å². The maximum Gasteiger partial charge on any atom is 0.154 e. The summed E-state index contributed by atoms with van der Waals surface area (Å²) in [6.07, 6.45) is 6.06. The van der Waals surface area contributed by atoms with Crippen molar-refractivity contribution in [2.45, 2.75) is 26.5 Å². The molecule has 0 radical (unpaired) electrons. The lowest BCUT2D eigenvalue weighted by Gasteiger charge is -2.14. The van der Waals surface area contributed by atoms with Gasteiger partial charge in [-0.05, 0) is 49.6 Å². The van der Waals surface area contributed by atoms with Crippen LogP contribution in [0.15, 0.2) is 48.9 Å². The van der Waals surface area contributed by atoms with Gasteiger partial charge in [-0.2, -0.15) is 9.47 Å². The molecule has 4 aromatic rings. The summed E-state index contributed by atoms with van der Waals surface area (Å²) >= 11 is 1.36. The van der Waals surface area contributed by atoms with E-state index in [1.807, 2.05) is 35.0 Å². The molecule has 1 aromatic carbocycles. The van der Waals surface area contributed by atoms with Gasteiger partial charge in [-0.15, -0.1) is 0 Å². The number of nitrogens with zero attached hydrogens (tertiary/aromatic N) is 4. The van der Waals surface area contributed by atoms with Crippen LogP contribution in [0.4, 0.5) is 0 Å². The highest BCUT2D eigenvalue weighted by Crippen LogP contribution is 2.30. The Morgan fingerprint density at radius 3 is 2.93 bits per heavy atom. The van der Waals surface area contributed by atoms with Gasteiger partial charge in [-0.3, -0.25) is 14.5 Å². The summed E-state index contributed by atoms with van der Waals surface area (Å²) in [6.45, 7) is 4.46. The topological polar surface area (TPSA) is 69.9 Å². The van der Waals surface area contributed by atoms with Gasteiger partial charge < -0.3 is 4.74 Å². The molecule has 0 aliphatic rings. The minimum absolute atomic E-state index is 0.223. The Hall–Kier alpha value is -3.06. The van der Waals surface area contributed by atoms with Crippen molar-refractivity contribution in [1.29, 1.82) is 0 Å². The normalized spacial score (nSPS) is 11.2. The Balaban J connectivity index is 1.67. The number of carbonyl (C=O) groups excluding carboxylic acids is 1. The van der Waals surface area contributed by atoms with Crippen molar-refractivity contribution in [2.24, 2.45) is 0 Å². The quantitative estimate of drug-likeness (QED) is 0.461. The van der Waals surface area contributed by atoms with Crippen LogP contribution in [0.3, 0.4) is 0 Å². The van der Waals surface area contributed by atoms with Crippen LogP contribution in [0, 0.1) is 0 Å². The van der Waals surface area contributed by atoms with Gasteiger partial charge in [0.15, 0.2) is 6.29 Å². The highest BCUT2D eigenvalue weighted by Gasteiger charge is 2.15. The largest absolute Gasteiger partial charge is 0.488 e. The fraction of sp³-hybridized carbons (Fsp3) is 0.200. The maximum atomic E-state index is 11.6. The Labute approximate surface area is 160 Å². The summed E-state index contributed by atoms with van der Waals surface area (Å²) in [5.74, 6) is 0.546. The highest BCUT2D eigenvalue weighted by molar-refractivity contribution is 7.13. The molecular formula is C20H18N4O2S. The Bertz CT molecular complexity index is 1100. The zero-order chi connectivity index (χ0) is 18.8. The number of hydrogen-bond donors (Lipinski definition) is 0. The molecule has 27 heavy (non-hydrogen) atoms. The smallest absolute Gasteiger partial charge is 0.154 e. The van der Waals surface area contributed by atoms with Gasteiger partial charge in [0.25, 0.3) is 0 Å². The second-order valence-electron chi connectivity index (χ2n) is 6.39. The summed E-state index contributed by atoms with van der Waals surface area (Å²) in [6, 6.07) is 9.77. The maximum absolute atomic E-state index is 11.6. The molecule has 136 valence electrons. The van der Waals surface area contributed by atoms with Gasteiger partial charge in [0.05, 0.1) is 21.7 Å². The Morgan fingerprint density at radius 2 is 2.11 bits per heavy atom. The lowest BCUT2D eigenvalue weighted by Crippen LogP contribution is -2.08. The summed E-state index contributed by atoms with van der Waals surface area (Å²) in [4.78, 5) is 16.1. The molecule has 0 N–H and O–H groups in total. The molecule has 6 nitrogen and oxygen atoms in total. The molecule has 0 bridgehead atoms. The second-order valence-corrected chi connectivity index (χ2v) is 7.22. The van der Waals surface area contributed by atoms with Crippen molar-refractivity contribution >= 4 is 27.9 Å². The van der Waals surface area contributed by atoms with Crippen molar-refractivity contribution in [2.75, 3.05) is 0 Å². The molecule has 4 rings (SSSR count). The predicted octanol–water partition coefficient (Wildman–Crippen LogP) is 4.53. The molecule has 0 amide bonds. The van der Waals surface area contributed by atoms with Crippen LogP contribution in [0.25, 0.3) is 21.5 Å². The number of hydrogen-bond acceptors (Lipinski definition) is 6. The van der Waals surface area contributed by atoms with Gasteiger partial charge >= 0.3 is 0 Å². The number of aldehydes is 1. The molecule has 3 heterocycles. The van der Waals surface area contributed by atoms with Crippen molar-refractivity contribution in [3.05, 3.63) is 60.0 Å². The fourth-order valence-electron chi connectivity index (χ4n) is 3.05. The molecule has 0 saturated heterocycles. The molecule has 0 atom stereocenters. The molecular weight excluding hydrogens is 360 g/mol. The minimum atomic E-state index is 0.223. The summed E-state index contributed by atoms with van der Waals surface area (Å²) in [5.41, 5.74) is 3.23. The number of benzene rings is 1. The molecule has 0 aliphatic carbocycles. The number of ether oxygens (including phenoxy) is 1. The van der Waals surface area contributed by atoms with Crippen LogP contribution >= 0.6 is 11.5 Å². The average Bonchev–Trinajstić information content (AvgIpc) is 3.35. The monoisotopic (exact) mass is 378 g/mol. The molecule has 0 fully saturated rings. The Kier molecular flexibility index (Phi) is 4.68. The van der Waals surface area contributed by atoms with Gasteiger partial charge in [0.1, 0.15) is 12.4 Å². The van der Waals surface area contributed by atoms with E-state index in [2.05, 4.69) is 28.3 Å². The lowest BCUT2D eigenvalue weighted by molar-refractivity contribution is 0.112. The van der Waals surface area contributed by atoms with E-state index in [-0.39, 0.29) is 6.04 Å². The standard InChI is InChI=1S/C20H18N4O2S/c1-13(2)24-17(7-9-22-24)20-14(4-3-8-21-20)12-26-18-5-6-19-15(10-23-27-19)16(18)11-25/h3-11,13H,12H2,1-2H3. The van der Waals surface area contributed by atoms with E-state index in [1.165, 1.54) is 11.5 Å². The van der Waals surface area contributed by atoms with E-state index in [1.54, 1.807) is 18.6 Å². The van der Waals surface area contributed by atoms with Crippen LogP contribution < -0.4 is 4.74 Å². The van der Waals surface area contributed by atoms with Crippen LogP contribution in [0.5, 0.6) is 5.75 Å². The molecule has 7 heteroatoms. The predicted molar refractivity (Wildman–Crippen MR) is 105 cm³/mol. The molecule has 0 unspecified atom stereocenters. The first-order valence-corrected chi connectivity index (χ1v) is 9.39. The SMILES string of the molecule is CC(C)n1nccc1-c1ncccc1COc1ccc2sncc2c1C=O. The second kappa shape index (κ2) is 7.28. The summed E-state index contributed by atoms with van der Waals surface area (Å²) in [7, 11) is 0. The van der Waals surface area contributed by atoms with E-state index < -0.39 is 0 Å². The number of rotatable bonds is 6. The van der Waals surface area contributed by atoms with E-state index in [9.17, 15) is 4.79 Å². The van der Waals surface area contributed by atoms with Crippen molar-refractivity contribution < 1.29 is 9.53 Å². The van der Waals surface area contributed by atoms with E-state index in [0.29, 0.717) is 17.9 Å². The molecule has 0 saturated carbocycles. The first-order valence-electron chi connectivity index (χ1n) is 8.62. The number of fused-ring (bicyclic) bond motifs is 1. The van der Waals surface area contributed by atoms with Crippen LogP contribution in [-0.2, 0) is 6.61 Å². The Morgan fingerprint density at radius 1 is 1.22 bits per heavy atom. The third kappa shape index (κ3) is 3.21. The van der Waals surface area contributed by atoms with Crippen molar-refractivity contribution in [3.63, 3.8) is 0 Å². The minimum Gasteiger partial charge on any atom is -0.488 e. The third-order valence-electron chi connectivity index (χ3n) is 4.33. The van der Waals surface area contributed by atoms with Crippen LogP contribution in [0.2, 0.25) is 0 Å². The van der Waals surface area contributed by atoms with Gasteiger partial charge in [-0.1, -0.05) is 6.07 Å². The summed E-state index contributed by atoms with van der Waals surface area (Å²) < 4.78 is 13.1. The highest BCUT2D eigenvalue weighted by atomic mass is 32.1. The van der Waals surface area contributed by atoms with Crippen molar-refractivity contribution in [1.82, 2.24) is 19.1 Å². The number of pyridine rings is 1. The average molecular weight is 378 g/mol. The first-order chi connectivity index (χ1) is 13.2. The zero-order valence-electron chi connectivity index (χ0n) is 15.0. The van der Waals surface area contributed by atoms with E-state index in [4.69, 9.17) is 4.74 Å². The first kappa shape index (κ1) is 17.4. The summed E-state index contributed by atoms with van der Waals surface area (Å²) in [5, 5.41) is 5.21. The third-order valence-corrected chi connectivity index (χ3v) is 5.10. The van der Waals surface area contributed by atoms with E-state index >= 15 is 0 Å². The van der Waals surface area contributed by atoms with Crippen LogP contribution in [-0.4, -0.2) is 25.4 Å². The molecule has 3 aromatic heterocycles. The fourth-order valence-corrected chi connectivity index (χ4v) is 3.71. The molecule has 0 aliphatic heterocycles. The van der Waals surface area contributed by atoms with Gasteiger partial charge in [0.2, 0.25) is 0 Å². The van der Waals surface area contributed by atoms with Gasteiger partial charge in [0, 0.05) is 35.6 Å². The van der Waals surface area contributed by atoms with Gasteiger partial charge in [-0.25, -0.2) is 0 Å². The number of carbonyl (C=O) groups is 1. The van der Waals surface area contributed by atoms with Crippen LogP contribution in [0.1, 0.15) is 35.8 Å². The molecule has 0 spiro atoms. The lowest BCUT2D eigenvalue weighted by atomic mass is 10.1. The zero-order valence-corrected chi connectivity index (χ0v) is 15.8.